The molecule has 2 heterocycles. The van der Waals surface area contributed by atoms with Gasteiger partial charge in [0.05, 0.1) is 31.5 Å². The van der Waals surface area contributed by atoms with Gasteiger partial charge < -0.3 is 14.0 Å². The van der Waals surface area contributed by atoms with Crippen molar-refractivity contribution in [3.63, 3.8) is 0 Å². The fourth-order valence-electron chi connectivity index (χ4n) is 4.69. The summed E-state index contributed by atoms with van der Waals surface area (Å²) in [6.45, 7) is 1.43. The largest absolute Gasteiger partial charge is 0.497 e. The molecule has 0 radical (unpaired) electrons. The van der Waals surface area contributed by atoms with Crippen LogP contribution >= 0.6 is 0 Å². The van der Waals surface area contributed by atoms with E-state index in [1.54, 1.807) is 36.4 Å². The highest BCUT2D eigenvalue weighted by atomic mass is 19.4. The van der Waals surface area contributed by atoms with Gasteiger partial charge in [-0.25, -0.2) is 4.79 Å². The first-order valence-electron chi connectivity index (χ1n) is 11.7. The van der Waals surface area contributed by atoms with Crippen molar-refractivity contribution in [3.05, 3.63) is 94.8 Å². The number of rotatable bonds is 6. The third-order valence-electron chi connectivity index (χ3n) is 6.38. The van der Waals surface area contributed by atoms with Crippen LogP contribution in [0.4, 0.5) is 13.2 Å². The molecule has 1 aliphatic rings. The molecule has 1 aliphatic heterocycles. The molecule has 0 bridgehead atoms. The summed E-state index contributed by atoms with van der Waals surface area (Å²) in [5.74, 6) is -1.59. The second-order valence-corrected chi connectivity index (χ2v) is 8.57. The van der Waals surface area contributed by atoms with E-state index < -0.39 is 35.2 Å². The molecule has 0 spiro atoms. The number of benzene rings is 3. The first-order chi connectivity index (χ1) is 18.2. The van der Waals surface area contributed by atoms with Gasteiger partial charge in [-0.1, -0.05) is 24.3 Å². The monoisotopic (exact) mass is 522 g/mol. The average Bonchev–Trinajstić information content (AvgIpc) is 3.36. The Morgan fingerprint density at radius 3 is 2.24 bits per heavy atom. The molecule has 0 saturated carbocycles. The van der Waals surface area contributed by atoms with Crippen molar-refractivity contribution in [1.82, 2.24) is 9.47 Å². The van der Waals surface area contributed by atoms with E-state index in [4.69, 9.17) is 9.47 Å². The van der Waals surface area contributed by atoms with Crippen molar-refractivity contribution >= 4 is 28.6 Å². The van der Waals surface area contributed by atoms with Gasteiger partial charge in [0.25, 0.3) is 11.8 Å². The molecule has 0 saturated heterocycles. The second-order valence-electron chi connectivity index (χ2n) is 8.57. The van der Waals surface area contributed by atoms with Gasteiger partial charge in [0, 0.05) is 28.1 Å². The predicted molar refractivity (Wildman–Crippen MR) is 131 cm³/mol. The number of halogens is 3. The molecule has 5 rings (SSSR count). The third-order valence-corrected chi connectivity index (χ3v) is 6.38. The molecule has 1 aromatic heterocycles. The molecule has 0 unspecified atom stereocenters. The summed E-state index contributed by atoms with van der Waals surface area (Å²) < 4.78 is 53.2. The lowest BCUT2D eigenvalue weighted by molar-refractivity contribution is -0.142. The van der Waals surface area contributed by atoms with E-state index in [0.717, 1.165) is 21.7 Å². The molecule has 38 heavy (non-hydrogen) atoms. The van der Waals surface area contributed by atoms with Crippen LogP contribution < -0.4 is 4.74 Å². The van der Waals surface area contributed by atoms with Crippen LogP contribution in [0.3, 0.4) is 0 Å². The van der Waals surface area contributed by atoms with Crippen LogP contribution in [0.25, 0.3) is 16.5 Å². The lowest BCUT2D eigenvalue weighted by atomic mass is 9.92. The highest BCUT2D eigenvalue weighted by Gasteiger charge is 2.41. The average molecular weight is 522 g/mol. The quantitative estimate of drug-likeness (QED) is 0.242. The predicted octanol–water partition coefficient (Wildman–Crippen LogP) is 5.63. The topological polar surface area (TPSA) is 77.8 Å². The third kappa shape index (κ3) is 4.07. The molecule has 0 aliphatic carbocycles. The summed E-state index contributed by atoms with van der Waals surface area (Å²) in [4.78, 5) is 40.2. The molecular formula is C28H21F3N2O5. The normalized spacial score (nSPS) is 13.2. The number of methoxy groups -OCH3 is 1. The molecule has 0 N–H and O–H groups in total. The van der Waals surface area contributed by atoms with Gasteiger partial charge in [0.1, 0.15) is 11.4 Å². The molecule has 0 fully saturated rings. The number of amides is 2. The van der Waals surface area contributed by atoms with Crippen LogP contribution in [0.15, 0.2) is 66.9 Å². The van der Waals surface area contributed by atoms with E-state index in [-0.39, 0.29) is 40.7 Å². The molecule has 194 valence electrons. The van der Waals surface area contributed by atoms with Crippen molar-refractivity contribution in [2.75, 3.05) is 13.7 Å². The number of esters is 1. The van der Waals surface area contributed by atoms with Gasteiger partial charge in [-0.3, -0.25) is 14.5 Å². The zero-order chi connectivity index (χ0) is 27.2. The SMILES string of the molecule is CCOC(=O)c1ccn(-c2ccc3c4c(cccc24)C(=O)N(Cc2ccc(OC)cc2)C3=O)c1C(F)(F)F. The molecule has 3 aromatic carbocycles. The van der Waals surface area contributed by atoms with Crippen molar-refractivity contribution in [1.29, 1.82) is 0 Å². The Morgan fingerprint density at radius 2 is 1.61 bits per heavy atom. The number of hydrogen-bond donors (Lipinski definition) is 0. The van der Waals surface area contributed by atoms with Gasteiger partial charge in [0.2, 0.25) is 0 Å². The van der Waals surface area contributed by atoms with E-state index in [0.29, 0.717) is 11.3 Å². The summed E-state index contributed by atoms with van der Waals surface area (Å²) in [5, 5.41) is 0.521. The van der Waals surface area contributed by atoms with Crippen molar-refractivity contribution in [2.45, 2.75) is 19.6 Å². The first-order valence-corrected chi connectivity index (χ1v) is 11.7. The smallest absolute Gasteiger partial charge is 0.432 e. The van der Waals surface area contributed by atoms with Gasteiger partial charge in [-0.05, 0) is 48.9 Å². The number of ether oxygens (including phenoxy) is 2. The van der Waals surface area contributed by atoms with Crippen LogP contribution in [-0.4, -0.2) is 41.0 Å². The summed E-state index contributed by atoms with van der Waals surface area (Å²) >= 11 is 0. The molecule has 2 amide bonds. The zero-order valence-corrected chi connectivity index (χ0v) is 20.3. The number of hydrogen-bond acceptors (Lipinski definition) is 5. The Morgan fingerprint density at radius 1 is 0.921 bits per heavy atom. The van der Waals surface area contributed by atoms with Gasteiger partial charge in [-0.15, -0.1) is 0 Å². The fraction of sp³-hybridized carbons (Fsp3) is 0.179. The maximum absolute atomic E-state index is 14.1. The van der Waals surface area contributed by atoms with Crippen molar-refractivity contribution in [3.8, 4) is 11.4 Å². The lowest BCUT2D eigenvalue weighted by Gasteiger charge is -2.28. The van der Waals surface area contributed by atoms with E-state index in [9.17, 15) is 27.6 Å². The minimum Gasteiger partial charge on any atom is -0.497 e. The number of imide groups is 1. The van der Waals surface area contributed by atoms with Gasteiger partial charge in [-0.2, -0.15) is 13.2 Å². The second kappa shape index (κ2) is 9.37. The number of carbonyl (C=O) groups excluding carboxylic acids is 3. The van der Waals surface area contributed by atoms with Crippen molar-refractivity contribution in [2.24, 2.45) is 0 Å². The number of carbonyl (C=O) groups is 3. The summed E-state index contributed by atoms with van der Waals surface area (Å²) in [6.07, 6.45) is -3.76. The summed E-state index contributed by atoms with van der Waals surface area (Å²) in [7, 11) is 1.53. The highest BCUT2D eigenvalue weighted by Crippen LogP contribution is 2.39. The minimum absolute atomic E-state index is 0.0119. The maximum atomic E-state index is 14.1. The van der Waals surface area contributed by atoms with Crippen LogP contribution in [0.2, 0.25) is 0 Å². The van der Waals surface area contributed by atoms with E-state index in [1.165, 1.54) is 32.2 Å². The summed E-state index contributed by atoms with van der Waals surface area (Å²) in [5.41, 5.74) is -0.674. The Bertz CT molecular complexity index is 1570. The minimum atomic E-state index is -4.88. The molecular weight excluding hydrogens is 501 g/mol. The summed E-state index contributed by atoms with van der Waals surface area (Å²) in [6, 6.07) is 15.4. The van der Waals surface area contributed by atoms with Crippen LogP contribution in [0.5, 0.6) is 5.75 Å². The Labute approximate surface area is 215 Å². The van der Waals surface area contributed by atoms with Crippen LogP contribution in [0.1, 0.15) is 49.3 Å². The maximum Gasteiger partial charge on any atom is 0.432 e. The Hall–Kier alpha value is -4.60. The molecule has 10 heteroatoms. The molecule has 7 nitrogen and oxygen atoms in total. The number of aromatic nitrogens is 1. The number of nitrogens with zero attached hydrogens (tertiary/aromatic N) is 2. The Kier molecular flexibility index (Phi) is 6.18. The lowest BCUT2D eigenvalue weighted by Crippen LogP contribution is -2.39. The van der Waals surface area contributed by atoms with E-state index in [1.807, 2.05) is 0 Å². The van der Waals surface area contributed by atoms with Gasteiger partial charge in [0.15, 0.2) is 0 Å². The number of alkyl halides is 3. The fourth-order valence-corrected chi connectivity index (χ4v) is 4.69. The van der Waals surface area contributed by atoms with E-state index >= 15 is 0 Å². The Balaban J connectivity index is 1.63. The highest BCUT2D eigenvalue weighted by molar-refractivity contribution is 6.26. The molecule has 4 aromatic rings. The van der Waals surface area contributed by atoms with Crippen LogP contribution in [0, 0.1) is 0 Å². The van der Waals surface area contributed by atoms with Gasteiger partial charge >= 0.3 is 12.1 Å². The van der Waals surface area contributed by atoms with E-state index in [2.05, 4.69) is 0 Å². The van der Waals surface area contributed by atoms with Crippen LogP contribution in [-0.2, 0) is 17.5 Å². The first kappa shape index (κ1) is 25.1. The van der Waals surface area contributed by atoms with Crippen molar-refractivity contribution < 1.29 is 37.0 Å². The molecule has 0 atom stereocenters. The standard InChI is InChI=1S/C28H21F3N2O5/c1-3-38-27(36)21-13-14-32(24(21)28(29,30)31)22-12-11-20-23-18(22)5-4-6-19(23)25(34)33(26(20)35)15-16-7-9-17(37-2)10-8-16/h4-14H,3,15H2,1-2H3. The zero-order valence-electron chi connectivity index (χ0n) is 20.3.